The maximum atomic E-state index is 11.9. The summed E-state index contributed by atoms with van der Waals surface area (Å²) in [5, 5.41) is 16.1. The van der Waals surface area contributed by atoms with Gasteiger partial charge in [0.2, 0.25) is 5.91 Å². The van der Waals surface area contributed by atoms with Crippen molar-refractivity contribution in [1.29, 1.82) is 0 Å². The molecule has 2 aromatic rings. The van der Waals surface area contributed by atoms with Gasteiger partial charge in [0.05, 0.1) is 0 Å². The van der Waals surface area contributed by atoms with Crippen LogP contribution in [0.2, 0.25) is 0 Å². The summed E-state index contributed by atoms with van der Waals surface area (Å²) in [6.45, 7) is 5.70. The van der Waals surface area contributed by atoms with Crippen LogP contribution in [0.15, 0.2) is 30.3 Å². The smallest absolute Gasteiger partial charge is 0.308 e. The van der Waals surface area contributed by atoms with Crippen LogP contribution >= 0.6 is 0 Å². The Balaban J connectivity index is 1.94. The number of hydrogen-bond donors (Lipinski definition) is 2. The molecule has 116 valence electrons. The van der Waals surface area contributed by atoms with Crippen molar-refractivity contribution < 1.29 is 9.59 Å². The Labute approximate surface area is 127 Å². The fourth-order valence-electron chi connectivity index (χ4n) is 1.83. The monoisotopic (exact) mass is 302 g/mol. The molecule has 0 saturated carbocycles. The van der Waals surface area contributed by atoms with Crippen molar-refractivity contribution in [1.82, 2.24) is 25.5 Å². The van der Waals surface area contributed by atoms with Gasteiger partial charge in [-0.15, -0.1) is 5.10 Å². The Bertz CT molecular complexity index is 659. The first-order valence-corrected chi connectivity index (χ1v) is 6.79. The third-order valence-electron chi connectivity index (χ3n) is 2.78. The summed E-state index contributed by atoms with van der Waals surface area (Å²) in [7, 11) is 0. The first-order chi connectivity index (χ1) is 10.4. The Morgan fingerprint density at radius 1 is 1.18 bits per heavy atom. The van der Waals surface area contributed by atoms with Crippen molar-refractivity contribution in [3.05, 3.63) is 36.2 Å². The van der Waals surface area contributed by atoms with E-state index in [-0.39, 0.29) is 12.0 Å². The lowest BCUT2D eigenvalue weighted by Gasteiger charge is -2.16. The van der Waals surface area contributed by atoms with Crippen LogP contribution in [-0.2, 0) is 16.8 Å². The average Bonchev–Trinajstić information content (AvgIpc) is 2.87. The molecule has 0 unspecified atom stereocenters. The molecular formula is C14H18N6O2. The van der Waals surface area contributed by atoms with Gasteiger partial charge >= 0.3 is 6.03 Å². The lowest BCUT2D eigenvalue weighted by Crippen LogP contribution is -2.37. The molecule has 22 heavy (non-hydrogen) atoms. The number of benzene rings is 1. The predicted molar refractivity (Wildman–Crippen MR) is 80.1 cm³/mol. The minimum absolute atomic E-state index is 0.123. The van der Waals surface area contributed by atoms with Gasteiger partial charge in [0.1, 0.15) is 6.54 Å². The van der Waals surface area contributed by atoms with Crippen LogP contribution in [0.4, 0.5) is 10.5 Å². The van der Waals surface area contributed by atoms with E-state index in [4.69, 9.17) is 0 Å². The summed E-state index contributed by atoms with van der Waals surface area (Å²) in [4.78, 5) is 23.6. The molecule has 0 spiro atoms. The van der Waals surface area contributed by atoms with E-state index >= 15 is 0 Å². The topological polar surface area (TPSA) is 102 Å². The second-order valence-electron chi connectivity index (χ2n) is 5.78. The van der Waals surface area contributed by atoms with Crippen LogP contribution in [0.5, 0.6) is 0 Å². The van der Waals surface area contributed by atoms with Crippen molar-refractivity contribution in [2.24, 2.45) is 0 Å². The molecule has 1 aromatic carbocycles. The molecule has 0 aliphatic heterocycles. The number of tetrazole rings is 1. The standard InChI is InChI=1S/C14H18N6O2/c1-14(2,3)12-17-18-19-20(12)9-11(21)16-13(22)15-10-7-5-4-6-8-10/h4-8H,9H2,1-3H3,(H2,15,16,21,22). The molecule has 0 aliphatic carbocycles. The van der Waals surface area contributed by atoms with Gasteiger partial charge in [0.15, 0.2) is 5.82 Å². The van der Waals surface area contributed by atoms with E-state index < -0.39 is 11.9 Å². The van der Waals surface area contributed by atoms with E-state index in [1.165, 1.54) is 4.68 Å². The van der Waals surface area contributed by atoms with Crippen molar-refractivity contribution in [3.63, 3.8) is 0 Å². The maximum absolute atomic E-state index is 11.9. The highest BCUT2D eigenvalue weighted by molar-refractivity contribution is 6.01. The SMILES string of the molecule is CC(C)(C)c1nnnn1CC(=O)NC(=O)Nc1ccccc1. The number of nitrogens with zero attached hydrogens (tertiary/aromatic N) is 4. The summed E-state index contributed by atoms with van der Waals surface area (Å²) < 4.78 is 1.38. The van der Waals surface area contributed by atoms with Gasteiger partial charge in [-0.25, -0.2) is 9.48 Å². The lowest BCUT2D eigenvalue weighted by atomic mass is 9.96. The highest BCUT2D eigenvalue weighted by Gasteiger charge is 2.23. The number of hydrogen-bond acceptors (Lipinski definition) is 5. The number of carbonyl (C=O) groups excluding carboxylic acids is 2. The molecule has 2 rings (SSSR count). The zero-order valence-corrected chi connectivity index (χ0v) is 12.7. The second-order valence-corrected chi connectivity index (χ2v) is 5.78. The van der Waals surface area contributed by atoms with E-state index in [9.17, 15) is 9.59 Å². The normalized spacial score (nSPS) is 11.0. The molecule has 0 fully saturated rings. The Morgan fingerprint density at radius 2 is 1.86 bits per heavy atom. The summed E-state index contributed by atoms with van der Waals surface area (Å²) in [5.41, 5.74) is 0.307. The first kappa shape index (κ1) is 15.6. The zero-order valence-electron chi connectivity index (χ0n) is 12.7. The van der Waals surface area contributed by atoms with E-state index in [2.05, 4.69) is 26.2 Å². The molecule has 3 amide bonds. The molecule has 0 aliphatic rings. The quantitative estimate of drug-likeness (QED) is 0.890. The minimum Gasteiger partial charge on any atom is -0.308 e. The fourth-order valence-corrected chi connectivity index (χ4v) is 1.83. The molecule has 1 aromatic heterocycles. The van der Waals surface area contributed by atoms with Crippen LogP contribution in [0.3, 0.4) is 0 Å². The number of rotatable bonds is 3. The van der Waals surface area contributed by atoms with Gasteiger partial charge in [-0.3, -0.25) is 10.1 Å². The van der Waals surface area contributed by atoms with Crippen LogP contribution in [-0.4, -0.2) is 32.1 Å². The van der Waals surface area contributed by atoms with Crippen LogP contribution in [0, 0.1) is 0 Å². The van der Waals surface area contributed by atoms with Crippen molar-refractivity contribution in [3.8, 4) is 0 Å². The number of carbonyl (C=O) groups is 2. The predicted octanol–water partition coefficient (Wildman–Crippen LogP) is 1.32. The molecule has 0 atom stereocenters. The van der Waals surface area contributed by atoms with Gasteiger partial charge in [0, 0.05) is 11.1 Å². The van der Waals surface area contributed by atoms with E-state index in [1.807, 2.05) is 26.8 Å². The van der Waals surface area contributed by atoms with Crippen molar-refractivity contribution in [2.45, 2.75) is 32.7 Å². The minimum atomic E-state index is -0.596. The zero-order chi connectivity index (χ0) is 16.2. The van der Waals surface area contributed by atoms with Crippen LogP contribution < -0.4 is 10.6 Å². The van der Waals surface area contributed by atoms with Crippen LogP contribution in [0.1, 0.15) is 26.6 Å². The van der Waals surface area contributed by atoms with Gasteiger partial charge in [-0.2, -0.15) is 0 Å². The highest BCUT2D eigenvalue weighted by Crippen LogP contribution is 2.18. The second kappa shape index (κ2) is 6.33. The highest BCUT2D eigenvalue weighted by atomic mass is 16.2. The van der Waals surface area contributed by atoms with Gasteiger partial charge < -0.3 is 5.32 Å². The summed E-state index contributed by atoms with van der Waals surface area (Å²) >= 11 is 0. The van der Waals surface area contributed by atoms with Gasteiger partial charge in [-0.1, -0.05) is 39.0 Å². The molecular weight excluding hydrogens is 284 g/mol. The van der Waals surface area contributed by atoms with E-state index in [0.29, 0.717) is 11.5 Å². The largest absolute Gasteiger partial charge is 0.325 e. The summed E-state index contributed by atoms with van der Waals surface area (Å²) in [6.07, 6.45) is 0. The lowest BCUT2D eigenvalue weighted by molar-refractivity contribution is -0.120. The molecule has 8 heteroatoms. The average molecular weight is 302 g/mol. The number of nitrogens with one attached hydrogen (secondary N) is 2. The number of urea groups is 1. The number of para-hydroxylation sites is 1. The van der Waals surface area contributed by atoms with Crippen molar-refractivity contribution >= 4 is 17.6 Å². The number of amides is 3. The number of anilines is 1. The summed E-state index contributed by atoms with van der Waals surface area (Å²) in [6, 6.07) is 8.26. The Morgan fingerprint density at radius 3 is 2.50 bits per heavy atom. The fraction of sp³-hybridized carbons (Fsp3) is 0.357. The molecule has 2 N–H and O–H groups in total. The first-order valence-electron chi connectivity index (χ1n) is 6.79. The van der Waals surface area contributed by atoms with Gasteiger partial charge in [-0.05, 0) is 22.6 Å². The Hall–Kier alpha value is -2.77. The van der Waals surface area contributed by atoms with Crippen molar-refractivity contribution in [2.75, 3.05) is 5.32 Å². The summed E-state index contributed by atoms with van der Waals surface area (Å²) in [5.74, 6) is 0.0809. The molecule has 0 saturated heterocycles. The third-order valence-corrected chi connectivity index (χ3v) is 2.78. The number of imide groups is 1. The van der Waals surface area contributed by atoms with Crippen LogP contribution in [0.25, 0.3) is 0 Å². The van der Waals surface area contributed by atoms with E-state index in [0.717, 1.165) is 0 Å². The molecule has 0 radical (unpaired) electrons. The maximum Gasteiger partial charge on any atom is 0.325 e. The third kappa shape index (κ3) is 4.11. The van der Waals surface area contributed by atoms with Gasteiger partial charge in [0.25, 0.3) is 0 Å². The number of aromatic nitrogens is 4. The molecule has 1 heterocycles. The van der Waals surface area contributed by atoms with E-state index in [1.54, 1.807) is 24.3 Å². The molecule has 0 bridgehead atoms. The molecule has 8 nitrogen and oxygen atoms in total. The Kier molecular flexibility index (Phi) is 4.50.